The van der Waals surface area contributed by atoms with Crippen LogP contribution in [0.25, 0.3) is 5.57 Å². The molecule has 170 valence electrons. The fourth-order valence-electron chi connectivity index (χ4n) is 5.06. The summed E-state index contributed by atoms with van der Waals surface area (Å²) in [5.74, 6) is 0.294. The van der Waals surface area contributed by atoms with Crippen LogP contribution in [0.15, 0.2) is 35.9 Å². The van der Waals surface area contributed by atoms with Crippen molar-refractivity contribution in [1.29, 1.82) is 0 Å². The van der Waals surface area contributed by atoms with Crippen molar-refractivity contribution >= 4 is 11.5 Å². The first-order chi connectivity index (χ1) is 15.4. The Morgan fingerprint density at radius 3 is 2.66 bits per heavy atom. The first-order valence-corrected chi connectivity index (χ1v) is 11.5. The molecule has 0 aromatic heterocycles. The summed E-state index contributed by atoms with van der Waals surface area (Å²) < 4.78 is 5.68. The minimum atomic E-state index is -0.695. The van der Waals surface area contributed by atoms with Gasteiger partial charge in [-0.25, -0.2) is 0 Å². The van der Waals surface area contributed by atoms with Crippen LogP contribution in [0.4, 0.5) is 0 Å². The van der Waals surface area contributed by atoms with Gasteiger partial charge >= 0.3 is 5.97 Å². The topological polar surface area (TPSA) is 70.0 Å². The van der Waals surface area contributed by atoms with Crippen LogP contribution >= 0.6 is 0 Å². The molecule has 0 spiro atoms. The molecule has 32 heavy (non-hydrogen) atoms. The van der Waals surface area contributed by atoms with Gasteiger partial charge in [-0.3, -0.25) is 9.69 Å². The van der Waals surface area contributed by atoms with E-state index >= 15 is 0 Å². The molecule has 0 atom stereocenters. The molecule has 0 unspecified atom stereocenters. The van der Waals surface area contributed by atoms with E-state index in [1.165, 1.54) is 27.8 Å². The lowest BCUT2D eigenvalue weighted by molar-refractivity contribution is -0.147. The third-order valence-corrected chi connectivity index (χ3v) is 7.00. The van der Waals surface area contributed by atoms with Gasteiger partial charge in [-0.05, 0) is 66.1 Å². The van der Waals surface area contributed by atoms with Crippen molar-refractivity contribution in [2.45, 2.75) is 46.0 Å². The lowest BCUT2D eigenvalue weighted by Crippen LogP contribution is -2.50. The number of phenolic OH excluding ortho intramolecular Hbond substituents is 1. The molecule has 0 amide bonds. The van der Waals surface area contributed by atoms with Gasteiger partial charge < -0.3 is 14.9 Å². The molecule has 4 rings (SSSR count). The van der Waals surface area contributed by atoms with Gasteiger partial charge in [0, 0.05) is 31.6 Å². The van der Waals surface area contributed by atoms with Gasteiger partial charge in [-0.2, -0.15) is 0 Å². The number of carboxylic acids is 1. The standard InChI is InChI=1S/C27H33NO4/c1-4-5-18-6-7-19(26(12-18)32-3)13-24-23-9-8-20(14-28-15-21(16-28)27(30)31)17(2)22(23)10-11-25(24)29/h6-7,10-12,21,29H,4-5,8-9,13-16H2,1-3H3,(H,30,31). The fourth-order valence-corrected chi connectivity index (χ4v) is 5.06. The predicted molar refractivity (Wildman–Crippen MR) is 126 cm³/mol. The smallest absolute Gasteiger partial charge is 0.309 e. The Hall–Kier alpha value is -2.79. The number of hydrogen-bond acceptors (Lipinski definition) is 4. The molecule has 2 aliphatic rings. The number of rotatable bonds is 8. The van der Waals surface area contributed by atoms with Crippen LogP contribution in [0.5, 0.6) is 11.5 Å². The van der Waals surface area contributed by atoms with Crippen LogP contribution < -0.4 is 4.74 Å². The van der Waals surface area contributed by atoms with Crippen molar-refractivity contribution in [3.05, 3.63) is 63.7 Å². The largest absolute Gasteiger partial charge is 0.508 e. The summed E-state index contributed by atoms with van der Waals surface area (Å²) in [6, 6.07) is 10.2. The second-order valence-corrected chi connectivity index (χ2v) is 9.12. The summed E-state index contributed by atoms with van der Waals surface area (Å²) in [6.07, 6.45) is 4.59. The number of aryl methyl sites for hydroxylation is 1. The minimum Gasteiger partial charge on any atom is -0.508 e. The summed E-state index contributed by atoms with van der Waals surface area (Å²) in [7, 11) is 1.71. The van der Waals surface area contributed by atoms with Gasteiger partial charge in [0.25, 0.3) is 0 Å². The van der Waals surface area contributed by atoms with E-state index in [2.05, 4.69) is 36.9 Å². The average Bonchev–Trinajstić information content (AvgIpc) is 2.74. The second-order valence-electron chi connectivity index (χ2n) is 9.12. The number of carbonyl (C=O) groups is 1. The van der Waals surface area contributed by atoms with E-state index in [1.807, 2.05) is 12.1 Å². The molecule has 0 saturated carbocycles. The summed E-state index contributed by atoms with van der Waals surface area (Å²) >= 11 is 0. The summed E-state index contributed by atoms with van der Waals surface area (Å²) in [5, 5.41) is 19.9. The Labute approximate surface area is 190 Å². The number of aromatic hydroxyl groups is 1. The highest BCUT2D eigenvalue weighted by molar-refractivity contribution is 5.75. The zero-order chi connectivity index (χ0) is 22.8. The molecule has 1 fully saturated rings. The van der Waals surface area contributed by atoms with Crippen molar-refractivity contribution in [2.75, 3.05) is 26.7 Å². The van der Waals surface area contributed by atoms with Crippen LogP contribution in [0.3, 0.4) is 0 Å². The first-order valence-electron chi connectivity index (χ1n) is 11.5. The Morgan fingerprint density at radius 2 is 1.97 bits per heavy atom. The maximum atomic E-state index is 11.1. The third kappa shape index (κ3) is 4.40. The molecule has 5 nitrogen and oxygen atoms in total. The van der Waals surface area contributed by atoms with E-state index in [-0.39, 0.29) is 5.92 Å². The van der Waals surface area contributed by atoms with E-state index in [1.54, 1.807) is 7.11 Å². The molecule has 2 N–H and O–H groups in total. The number of ether oxygens (including phenoxy) is 1. The van der Waals surface area contributed by atoms with Crippen molar-refractivity contribution in [1.82, 2.24) is 4.90 Å². The first kappa shape index (κ1) is 22.4. The van der Waals surface area contributed by atoms with Crippen LogP contribution in [-0.2, 0) is 24.1 Å². The number of nitrogens with zero attached hydrogens (tertiary/aromatic N) is 1. The molecule has 1 heterocycles. The maximum Gasteiger partial charge on any atom is 0.309 e. The molecule has 1 aliphatic carbocycles. The second kappa shape index (κ2) is 9.37. The average molecular weight is 436 g/mol. The van der Waals surface area contributed by atoms with Gasteiger partial charge in [0.1, 0.15) is 11.5 Å². The molecule has 2 aromatic carbocycles. The molecule has 0 radical (unpaired) electrons. The van der Waals surface area contributed by atoms with Gasteiger partial charge in [-0.15, -0.1) is 0 Å². The van der Waals surface area contributed by atoms with Crippen molar-refractivity contribution < 1.29 is 19.7 Å². The fraction of sp³-hybridized carbons (Fsp3) is 0.444. The Kier molecular flexibility index (Phi) is 6.56. The molecule has 5 heteroatoms. The van der Waals surface area contributed by atoms with Crippen molar-refractivity contribution in [3.8, 4) is 11.5 Å². The molecule has 2 aromatic rings. The normalized spacial score (nSPS) is 16.6. The number of phenols is 1. The maximum absolute atomic E-state index is 11.1. The highest BCUT2D eigenvalue weighted by atomic mass is 16.5. The van der Waals surface area contributed by atoms with Gasteiger partial charge in [0.2, 0.25) is 0 Å². The molecule has 1 aliphatic heterocycles. The summed E-state index contributed by atoms with van der Waals surface area (Å²) in [6.45, 7) is 6.42. The van der Waals surface area contributed by atoms with Crippen LogP contribution in [0.2, 0.25) is 0 Å². The molecular formula is C27H33NO4. The van der Waals surface area contributed by atoms with Crippen molar-refractivity contribution in [2.24, 2.45) is 5.92 Å². The molecule has 1 saturated heterocycles. The van der Waals surface area contributed by atoms with Gasteiger partial charge in [-0.1, -0.05) is 37.1 Å². The lowest BCUT2D eigenvalue weighted by atomic mass is 9.81. The zero-order valence-electron chi connectivity index (χ0n) is 19.3. The quantitative estimate of drug-likeness (QED) is 0.630. The lowest BCUT2D eigenvalue weighted by Gasteiger charge is -2.38. The van der Waals surface area contributed by atoms with Crippen LogP contribution in [0.1, 0.15) is 54.5 Å². The summed E-state index contributed by atoms with van der Waals surface area (Å²) in [5.41, 5.74) is 8.40. The van der Waals surface area contributed by atoms with E-state index in [9.17, 15) is 9.90 Å². The van der Waals surface area contributed by atoms with Crippen LogP contribution in [0, 0.1) is 5.92 Å². The number of hydrogen-bond donors (Lipinski definition) is 2. The Balaban J connectivity index is 1.59. The number of methoxy groups -OCH3 is 1. The zero-order valence-corrected chi connectivity index (χ0v) is 19.3. The van der Waals surface area contributed by atoms with E-state index < -0.39 is 5.97 Å². The molecular weight excluding hydrogens is 402 g/mol. The number of aliphatic carboxylic acids is 1. The van der Waals surface area contributed by atoms with Gasteiger partial charge in [0.15, 0.2) is 0 Å². The Morgan fingerprint density at radius 1 is 1.19 bits per heavy atom. The number of allylic oxidation sites excluding steroid dienone is 1. The monoisotopic (exact) mass is 435 g/mol. The SMILES string of the molecule is CCCc1ccc(Cc2c(O)ccc3c2CCC(CN2CC(C(=O)O)C2)=C3C)c(OC)c1. The molecule has 0 bridgehead atoms. The predicted octanol–water partition coefficient (Wildman–Crippen LogP) is 4.68. The Bertz CT molecular complexity index is 1050. The number of carboxylic acid groups (broad SMARTS) is 1. The van der Waals surface area contributed by atoms with Crippen LogP contribution in [-0.4, -0.2) is 47.8 Å². The highest BCUT2D eigenvalue weighted by Crippen LogP contribution is 2.39. The number of likely N-dealkylation sites (tertiary alicyclic amines) is 1. The van der Waals surface area contributed by atoms with Gasteiger partial charge in [0.05, 0.1) is 13.0 Å². The number of fused-ring (bicyclic) bond motifs is 1. The minimum absolute atomic E-state index is 0.228. The van der Waals surface area contributed by atoms with E-state index in [0.29, 0.717) is 25.3 Å². The summed E-state index contributed by atoms with van der Waals surface area (Å²) in [4.78, 5) is 13.3. The van der Waals surface area contributed by atoms with E-state index in [0.717, 1.165) is 49.1 Å². The highest BCUT2D eigenvalue weighted by Gasteiger charge is 2.33. The number of benzene rings is 2. The van der Waals surface area contributed by atoms with Crippen molar-refractivity contribution in [3.63, 3.8) is 0 Å². The third-order valence-electron chi connectivity index (χ3n) is 7.00. The van der Waals surface area contributed by atoms with E-state index in [4.69, 9.17) is 9.84 Å².